The third-order valence-corrected chi connectivity index (χ3v) is 5.61. The average Bonchev–Trinajstić information content (AvgIpc) is 3.54. The molecule has 1 aromatic heterocycles. The molecule has 1 saturated carbocycles. The molecule has 0 atom stereocenters. The summed E-state index contributed by atoms with van der Waals surface area (Å²) in [5, 5.41) is 3.07. The number of pyridine rings is 1. The van der Waals surface area contributed by atoms with Crippen LogP contribution in [0.5, 0.6) is 5.75 Å². The molecule has 1 aliphatic carbocycles. The summed E-state index contributed by atoms with van der Waals surface area (Å²) in [4.78, 5) is 19.2. The second kappa shape index (κ2) is 8.74. The van der Waals surface area contributed by atoms with Crippen molar-refractivity contribution in [3.63, 3.8) is 0 Å². The van der Waals surface area contributed by atoms with E-state index in [1.54, 1.807) is 0 Å². The highest BCUT2D eigenvalue weighted by atomic mass is 16.5. The van der Waals surface area contributed by atoms with Gasteiger partial charge in [0, 0.05) is 38.6 Å². The smallest absolute Gasteiger partial charge is 0.255 e. The standard InChI is InChI=1S/C23H29N3O2/c1-17-2-5-22(21(14-17)23(27)25-15-18-3-4-18)28-20-8-12-26(13-9-20)16-19-6-10-24-11-7-19/h2,5-7,10-11,14,18,20H,3-4,8-9,12-13,15-16H2,1H3,(H,25,27). The molecule has 0 spiro atoms. The van der Waals surface area contributed by atoms with E-state index in [-0.39, 0.29) is 12.0 Å². The van der Waals surface area contributed by atoms with Crippen LogP contribution in [0.15, 0.2) is 42.7 Å². The summed E-state index contributed by atoms with van der Waals surface area (Å²) in [6, 6.07) is 10.1. The molecule has 0 bridgehead atoms. The number of nitrogens with one attached hydrogen (secondary N) is 1. The normalized spacial score (nSPS) is 18.0. The second-order valence-corrected chi connectivity index (χ2v) is 8.10. The first-order valence-electron chi connectivity index (χ1n) is 10.3. The van der Waals surface area contributed by atoms with Crippen molar-refractivity contribution in [1.29, 1.82) is 0 Å². The largest absolute Gasteiger partial charge is 0.489 e. The van der Waals surface area contributed by atoms with Gasteiger partial charge in [-0.25, -0.2) is 0 Å². The molecule has 0 radical (unpaired) electrons. The minimum atomic E-state index is -0.0132. The molecular weight excluding hydrogens is 350 g/mol. The van der Waals surface area contributed by atoms with Gasteiger partial charge in [0.25, 0.3) is 5.91 Å². The predicted molar refractivity (Wildman–Crippen MR) is 109 cm³/mol. The molecule has 2 aliphatic rings. The Morgan fingerprint density at radius 1 is 1.14 bits per heavy atom. The number of amides is 1. The second-order valence-electron chi connectivity index (χ2n) is 8.10. The van der Waals surface area contributed by atoms with Gasteiger partial charge in [0.1, 0.15) is 11.9 Å². The first-order chi connectivity index (χ1) is 13.7. The third kappa shape index (κ3) is 5.10. The van der Waals surface area contributed by atoms with Gasteiger partial charge in [0.2, 0.25) is 0 Å². The molecule has 1 saturated heterocycles. The van der Waals surface area contributed by atoms with Crippen molar-refractivity contribution in [2.24, 2.45) is 5.92 Å². The molecular formula is C23H29N3O2. The zero-order chi connectivity index (χ0) is 19.3. The fraction of sp³-hybridized carbons (Fsp3) is 0.478. The van der Waals surface area contributed by atoms with Gasteiger partial charge in [-0.3, -0.25) is 14.7 Å². The maximum absolute atomic E-state index is 12.6. The topological polar surface area (TPSA) is 54.5 Å². The van der Waals surface area contributed by atoms with Crippen molar-refractivity contribution in [3.05, 3.63) is 59.4 Å². The minimum absolute atomic E-state index is 0.0132. The highest BCUT2D eigenvalue weighted by molar-refractivity contribution is 5.97. The Kier molecular flexibility index (Phi) is 5.91. The molecule has 28 heavy (non-hydrogen) atoms. The van der Waals surface area contributed by atoms with Crippen molar-refractivity contribution in [2.45, 2.75) is 45.3 Å². The molecule has 1 amide bonds. The summed E-state index contributed by atoms with van der Waals surface area (Å²) in [6.45, 7) is 5.75. The molecule has 1 aliphatic heterocycles. The highest BCUT2D eigenvalue weighted by Gasteiger charge is 2.25. The Morgan fingerprint density at radius 2 is 1.89 bits per heavy atom. The summed E-state index contributed by atoms with van der Waals surface area (Å²) < 4.78 is 6.29. The Morgan fingerprint density at radius 3 is 2.61 bits per heavy atom. The molecule has 0 unspecified atom stereocenters. The van der Waals surface area contributed by atoms with E-state index in [0.717, 1.165) is 44.6 Å². The van der Waals surface area contributed by atoms with Crippen molar-refractivity contribution >= 4 is 5.91 Å². The molecule has 5 heteroatoms. The van der Waals surface area contributed by atoms with E-state index in [9.17, 15) is 4.79 Å². The van der Waals surface area contributed by atoms with E-state index >= 15 is 0 Å². The number of aromatic nitrogens is 1. The van der Waals surface area contributed by atoms with Crippen LogP contribution in [0.4, 0.5) is 0 Å². The van der Waals surface area contributed by atoms with E-state index < -0.39 is 0 Å². The lowest BCUT2D eigenvalue weighted by Crippen LogP contribution is -2.38. The number of nitrogens with zero attached hydrogens (tertiary/aromatic N) is 2. The quantitative estimate of drug-likeness (QED) is 0.799. The first kappa shape index (κ1) is 18.9. The van der Waals surface area contributed by atoms with Gasteiger partial charge in [-0.1, -0.05) is 11.6 Å². The van der Waals surface area contributed by atoms with Crippen molar-refractivity contribution in [1.82, 2.24) is 15.2 Å². The van der Waals surface area contributed by atoms with Crippen molar-refractivity contribution in [3.8, 4) is 5.75 Å². The highest BCUT2D eigenvalue weighted by Crippen LogP contribution is 2.28. The minimum Gasteiger partial charge on any atom is -0.489 e. The number of likely N-dealkylation sites (tertiary alicyclic amines) is 1. The molecule has 1 N–H and O–H groups in total. The first-order valence-corrected chi connectivity index (χ1v) is 10.3. The van der Waals surface area contributed by atoms with Crippen LogP contribution in [0.2, 0.25) is 0 Å². The van der Waals surface area contributed by atoms with Gasteiger partial charge in [-0.15, -0.1) is 0 Å². The van der Waals surface area contributed by atoms with Crippen LogP contribution in [0, 0.1) is 12.8 Å². The third-order valence-electron chi connectivity index (χ3n) is 5.61. The SMILES string of the molecule is Cc1ccc(OC2CCN(Cc3ccncc3)CC2)c(C(=O)NCC2CC2)c1. The van der Waals surface area contributed by atoms with Gasteiger partial charge >= 0.3 is 0 Å². The fourth-order valence-electron chi connectivity index (χ4n) is 3.69. The summed E-state index contributed by atoms with van der Waals surface area (Å²) in [6.07, 6.45) is 8.26. The van der Waals surface area contributed by atoms with Crippen LogP contribution >= 0.6 is 0 Å². The van der Waals surface area contributed by atoms with Gasteiger partial charge in [0.05, 0.1) is 5.56 Å². The maximum Gasteiger partial charge on any atom is 0.255 e. The lowest BCUT2D eigenvalue weighted by atomic mass is 10.1. The average molecular weight is 380 g/mol. The zero-order valence-electron chi connectivity index (χ0n) is 16.6. The molecule has 2 aromatic rings. The molecule has 4 rings (SSSR count). The summed E-state index contributed by atoms with van der Waals surface area (Å²) in [5.41, 5.74) is 3.04. The van der Waals surface area contributed by atoms with E-state index in [0.29, 0.717) is 17.2 Å². The Bertz CT molecular complexity index is 797. The lowest BCUT2D eigenvalue weighted by Gasteiger charge is -2.32. The van der Waals surface area contributed by atoms with Gasteiger partial charge in [-0.2, -0.15) is 0 Å². The monoisotopic (exact) mass is 379 g/mol. The van der Waals surface area contributed by atoms with Crippen LogP contribution in [0.1, 0.15) is 47.2 Å². The van der Waals surface area contributed by atoms with E-state index in [1.165, 1.54) is 18.4 Å². The van der Waals surface area contributed by atoms with Gasteiger partial charge < -0.3 is 10.1 Å². The van der Waals surface area contributed by atoms with E-state index in [2.05, 4.69) is 27.3 Å². The van der Waals surface area contributed by atoms with Crippen LogP contribution in [-0.4, -0.2) is 41.5 Å². The summed E-state index contributed by atoms with van der Waals surface area (Å²) in [5.74, 6) is 1.37. The molecule has 2 heterocycles. The van der Waals surface area contributed by atoms with Crippen molar-refractivity contribution in [2.75, 3.05) is 19.6 Å². The number of ether oxygens (including phenoxy) is 1. The van der Waals surface area contributed by atoms with Crippen LogP contribution in [0.3, 0.4) is 0 Å². The van der Waals surface area contributed by atoms with E-state index in [4.69, 9.17) is 4.74 Å². The molecule has 148 valence electrons. The summed E-state index contributed by atoms with van der Waals surface area (Å²) in [7, 11) is 0. The Labute approximate surface area is 167 Å². The fourth-order valence-corrected chi connectivity index (χ4v) is 3.69. The number of carbonyl (C=O) groups is 1. The van der Waals surface area contributed by atoms with Gasteiger partial charge in [0.15, 0.2) is 0 Å². The number of carbonyl (C=O) groups excluding carboxylic acids is 1. The number of hydrogen-bond acceptors (Lipinski definition) is 4. The van der Waals surface area contributed by atoms with Gasteiger partial charge in [-0.05, 0) is 68.4 Å². The number of hydrogen-bond donors (Lipinski definition) is 1. The van der Waals surface area contributed by atoms with E-state index in [1.807, 2.05) is 37.5 Å². The number of benzene rings is 1. The summed E-state index contributed by atoms with van der Waals surface area (Å²) >= 11 is 0. The molecule has 1 aromatic carbocycles. The lowest BCUT2D eigenvalue weighted by molar-refractivity contribution is 0.0890. The predicted octanol–water partition coefficient (Wildman–Crippen LogP) is 3.57. The number of piperidine rings is 1. The maximum atomic E-state index is 12.6. The Balaban J connectivity index is 1.33. The van der Waals surface area contributed by atoms with Crippen molar-refractivity contribution < 1.29 is 9.53 Å². The van der Waals surface area contributed by atoms with Crippen LogP contribution < -0.4 is 10.1 Å². The Hall–Kier alpha value is -2.40. The van der Waals surface area contributed by atoms with Crippen LogP contribution in [0.25, 0.3) is 0 Å². The van der Waals surface area contributed by atoms with Crippen LogP contribution in [-0.2, 0) is 6.54 Å². The molecule has 5 nitrogen and oxygen atoms in total. The molecule has 2 fully saturated rings. The number of aryl methyl sites for hydroxylation is 1. The zero-order valence-corrected chi connectivity index (χ0v) is 16.6. The number of rotatable bonds is 7.